The van der Waals surface area contributed by atoms with E-state index in [2.05, 4.69) is 38.1 Å². The zero-order valence-corrected chi connectivity index (χ0v) is 16.5. The normalized spacial score (nSPS) is 12.8. The van der Waals surface area contributed by atoms with Crippen molar-refractivity contribution in [3.63, 3.8) is 0 Å². The monoisotopic (exact) mass is 375 g/mol. The van der Waals surface area contributed by atoms with Crippen molar-refractivity contribution in [2.24, 2.45) is 4.99 Å². The number of unbranched alkanes of at least 4 members (excludes halogenated alkanes) is 1. The van der Waals surface area contributed by atoms with E-state index in [0.29, 0.717) is 5.02 Å². The molecule has 0 aromatic heterocycles. The van der Waals surface area contributed by atoms with E-state index in [-0.39, 0.29) is 6.10 Å². The van der Waals surface area contributed by atoms with E-state index in [0.717, 1.165) is 42.4 Å². The molecule has 4 heteroatoms. The van der Waals surface area contributed by atoms with Crippen LogP contribution in [0.4, 0.5) is 0 Å². The number of hydrogen-bond acceptors (Lipinski definition) is 3. The zero-order chi connectivity index (χ0) is 17.9. The van der Waals surface area contributed by atoms with Gasteiger partial charge in [-0.2, -0.15) is 0 Å². The van der Waals surface area contributed by atoms with Gasteiger partial charge < -0.3 is 4.74 Å². The van der Waals surface area contributed by atoms with Crippen molar-refractivity contribution >= 4 is 28.4 Å². The number of aliphatic imine (C=N–C) groups is 1. The summed E-state index contributed by atoms with van der Waals surface area (Å²) in [6.45, 7) is 5.15. The first kappa shape index (κ1) is 19.9. The molecule has 0 amide bonds. The van der Waals surface area contributed by atoms with Crippen molar-refractivity contribution in [3.05, 3.63) is 65.2 Å². The summed E-state index contributed by atoms with van der Waals surface area (Å²) in [5.74, 6) is 1.62. The van der Waals surface area contributed by atoms with Crippen LogP contribution >= 0.6 is 23.4 Å². The Bertz CT molecular complexity index is 660. The molecule has 0 saturated heterocycles. The Morgan fingerprint density at radius 3 is 2.48 bits per heavy atom. The Labute approximate surface area is 160 Å². The molecule has 0 saturated carbocycles. The quantitative estimate of drug-likeness (QED) is 0.278. The van der Waals surface area contributed by atoms with Gasteiger partial charge in [-0.3, -0.25) is 4.99 Å². The summed E-state index contributed by atoms with van der Waals surface area (Å²) in [7, 11) is 0. The molecular formula is C21H26ClNOS. The minimum Gasteiger partial charge on any atom is -0.482 e. The molecule has 1 atom stereocenters. The summed E-state index contributed by atoms with van der Waals surface area (Å²) in [4.78, 5) is 4.84. The summed E-state index contributed by atoms with van der Waals surface area (Å²) in [6, 6.07) is 18.1. The molecule has 0 bridgehead atoms. The molecular weight excluding hydrogens is 350 g/mol. The summed E-state index contributed by atoms with van der Waals surface area (Å²) in [6.07, 6.45) is 3.03. The Morgan fingerprint density at radius 2 is 1.80 bits per heavy atom. The topological polar surface area (TPSA) is 21.6 Å². The highest BCUT2D eigenvalue weighted by atomic mass is 35.5. The van der Waals surface area contributed by atoms with Crippen LogP contribution in [0.3, 0.4) is 0 Å². The van der Waals surface area contributed by atoms with Gasteiger partial charge in [0.25, 0.3) is 0 Å². The van der Waals surface area contributed by atoms with Crippen LogP contribution in [0.2, 0.25) is 5.02 Å². The number of ether oxygens (including phenoxy) is 1. The number of halogens is 1. The molecule has 0 aliphatic carbocycles. The molecule has 0 heterocycles. The van der Waals surface area contributed by atoms with Gasteiger partial charge in [0.1, 0.15) is 16.9 Å². The fraction of sp³-hybridized carbons (Fsp3) is 0.381. The molecule has 0 N–H and O–H groups in total. The maximum absolute atomic E-state index is 6.26. The SMILES string of the molecule is CCCCN=C(SCc1ccccc1)C(CC)Oc1ccccc1Cl. The molecule has 25 heavy (non-hydrogen) atoms. The molecule has 1 unspecified atom stereocenters. The molecule has 134 valence electrons. The average molecular weight is 376 g/mol. The fourth-order valence-corrected chi connectivity index (χ4v) is 3.59. The van der Waals surface area contributed by atoms with Crippen LogP contribution in [0.25, 0.3) is 0 Å². The van der Waals surface area contributed by atoms with Crippen LogP contribution < -0.4 is 4.74 Å². The van der Waals surface area contributed by atoms with Gasteiger partial charge in [0.2, 0.25) is 0 Å². The van der Waals surface area contributed by atoms with Gasteiger partial charge in [-0.25, -0.2) is 0 Å². The summed E-state index contributed by atoms with van der Waals surface area (Å²) in [5, 5.41) is 1.70. The van der Waals surface area contributed by atoms with Crippen LogP contribution in [-0.2, 0) is 5.75 Å². The van der Waals surface area contributed by atoms with E-state index in [1.54, 1.807) is 11.8 Å². The third-order valence-electron chi connectivity index (χ3n) is 3.76. The summed E-state index contributed by atoms with van der Waals surface area (Å²) < 4.78 is 6.19. The summed E-state index contributed by atoms with van der Waals surface area (Å²) >= 11 is 8.02. The van der Waals surface area contributed by atoms with E-state index in [9.17, 15) is 0 Å². The maximum Gasteiger partial charge on any atom is 0.146 e. The third kappa shape index (κ3) is 6.75. The number of thioether (sulfide) groups is 1. The maximum atomic E-state index is 6.26. The van der Waals surface area contributed by atoms with Gasteiger partial charge >= 0.3 is 0 Å². The van der Waals surface area contributed by atoms with Crippen molar-refractivity contribution in [1.82, 2.24) is 0 Å². The lowest BCUT2D eigenvalue weighted by Crippen LogP contribution is -2.25. The van der Waals surface area contributed by atoms with Crippen molar-refractivity contribution in [2.45, 2.75) is 45.0 Å². The van der Waals surface area contributed by atoms with Crippen molar-refractivity contribution < 1.29 is 4.74 Å². The lowest BCUT2D eigenvalue weighted by Gasteiger charge is -2.20. The molecule has 0 aliphatic rings. The number of nitrogens with zero attached hydrogens (tertiary/aromatic N) is 1. The molecule has 0 radical (unpaired) electrons. The largest absolute Gasteiger partial charge is 0.482 e. The van der Waals surface area contributed by atoms with Gasteiger partial charge in [0.05, 0.1) is 5.02 Å². The molecule has 2 nitrogen and oxygen atoms in total. The molecule has 2 rings (SSSR count). The Morgan fingerprint density at radius 1 is 1.08 bits per heavy atom. The van der Waals surface area contributed by atoms with Gasteiger partial charge in [-0.05, 0) is 30.5 Å². The van der Waals surface area contributed by atoms with E-state index in [1.807, 2.05) is 30.3 Å². The smallest absolute Gasteiger partial charge is 0.146 e. The zero-order valence-electron chi connectivity index (χ0n) is 15.0. The van der Waals surface area contributed by atoms with Crippen LogP contribution in [-0.4, -0.2) is 17.7 Å². The molecule has 0 aliphatic heterocycles. The second-order valence-electron chi connectivity index (χ2n) is 5.79. The molecule has 2 aromatic carbocycles. The van der Waals surface area contributed by atoms with Crippen molar-refractivity contribution in [2.75, 3.05) is 6.54 Å². The summed E-state index contributed by atoms with van der Waals surface area (Å²) in [5.41, 5.74) is 1.29. The minimum absolute atomic E-state index is 0.0644. The van der Waals surface area contributed by atoms with Crippen LogP contribution in [0.15, 0.2) is 59.6 Å². The average Bonchev–Trinajstić information content (AvgIpc) is 2.65. The van der Waals surface area contributed by atoms with E-state index >= 15 is 0 Å². The lowest BCUT2D eigenvalue weighted by atomic mass is 10.2. The van der Waals surface area contributed by atoms with Gasteiger partial charge in [-0.1, -0.05) is 74.3 Å². The van der Waals surface area contributed by atoms with Crippen LogP contribution in [0.5, 0.6) is 5.75 Å². The highest BCUT2D eigenvalue weighted by molar-refractivity contribution is 8.13. The second kappa shape index (κ2) is 11.2. The third-order valence-corrected chi connectivity index (χ3v) is 5.24. The van der Waals surface area contributed by atoms with Crippen molar-refractivity contribution in [1.29, 1.82) is 0 Å². The first-order valence-corrected chi connectivity index (χ1v) is 10.2. The van der Waals surface area contributed by atoms with Crippen LogP contribution in [0, 0.1) is 0 Å². The highest BCUT2D eigenvalue weighted by Crippen LogP contribution is 2.27. The first-order chi connectivity index (χ1) is 12.2. The van der Waals surface area contributed by atoms with Crippen LogP contribution in [0.1, 0.15) is 38.7 Å². The molecule has 2 aromatic rings. The van der Waals surface area contributed by atoms with Gasteiger partial charge in [0.15, 0.2) is 0 Å². The number of hydrogen-bond donors (Lipinski definition) is 0. The molecule has 0 spiro atoms. The van der Waals surface area contributed by atoms with E-state index in [1.165, 1.54) is 5.56 Å². The predicted octanol–water partition coefficient (Wildman–Crippen LogP) is 6.63. The Kier molecular flexibility index (Phi) is 8.92. The number of benzene rings is 2. The number of rotatable bonds is 9. The second-order valence-corrected chi connectivity index (χ2v) is 7.20. The first-order valence-electron chi connectivity index (χ1n) is 8.86. The van der Waals surface area contributed by atoms with E-state index < -0.39 is 0 Å². The number of para-hydroxylation sites is 1. The lowest BCUT2D eigenvalue weighted by molar-refractivity contribution is 0.265. The Balaban J connectivity index is 2.10. The standard InChI is InChI=1S/C21H26ClNOS/c1-3-5-15-23-21(25-16-17-11-7-6-8-12-17)19(4-2)24-20-14-10-9-13-18(20)22/h6-14,19H,3-5,15-16H2,1-2H3. The van der Waals surface area contributed by atoms with Gasteiger partial charge in [0, 0.05) is 12.3 Å². The predicted molar refractivity (Wildman–Crippen MR) is 111 cm³/mol. The minimum atomic E-state index is -0.0644. The van der Waals surface area contributed by atoms with Gasteiger partial charge in [-0.15, -0.1) is 11.8 Å². The van der Waals surface area contributed by atoms with E-state index in [4.69, 9.17) is 21.3 Å². The van der Waals surface area contributed by atoms with Crippen molar-refractivity contribution in [3.8, 4) is 5.75 Å². The fourth-order valence-electron chi connectivity index (χ4n) is 2.32. The molecule has 0 fully saturated rings. The Hall–Kier alpha value is -1.45. The highest BCUT2D eigenvalue weighted by Gasteiger charge is 2.18.